The monoisotopic (exact) mass is 350 g/mol. The third-order valence-corrected chi connectivity index (χ3v) is 4.94. The van der Waals surface area contributed by atoms with Crippen molar-refractivity contribution in [3.05, 3.63) is 30.1 Å². The first-order chi connectivity index (χ1) is 12.0. The van der Waals surface area contributed by atoms with E-state index in [1.54, 1.807) is 16.8 Å². The summed E-state index contributed by atoms with van der Waals surface area (Å²) in [6.07, 6.45) is 1.67. The standard InChI is InChI=1S/C18H23FN2O4/c1-20-10-11-25-18(12-16(20)22)6-8-21(9-7-18)17(23)13-24-15-4-2-14(19)3-5-15/h2-5H,6-13H2,1H3. The number of ether oxygens (including phenoxy) is 2. The Kier molecular flexibility index (Phi) is 5.22. The number of amides is 2. The van der Waals surface area contributed by atoms with Crippen LogP contribution in [-0.4, -0.2) is 67.1 Å². The van der Waals surface area contributed by atoms with Crippen LogP contribution < -0.4 is 4.74 Å². The summed E-state index contributed by atoms with van der Waals surface area (Å²) in [6, 6.07) is 5.58. The fraction of sp³-hybridized carbons (Fsp3) is 0.556. The summed E-state index contributed by atoms with van der Waals surface area (Å²) in [5.74, 6) is 0.0979. The molecule has 0 unspecified atom stereocenters. The molecular formula is C18H23FN2O4. The van der Waals surface area contributed by atoms with Crippen LogP contribution in [0, 0.1) is 5.82 Å². The fourth-order valence-electron chi connectivity index (χ4n) is 3.24. The Morgan fingerprint density at radius 3 is 2.60 bits per heavy atom. The summed E-state index contributed by atoms with van der Waals surface area (Å²) >= 11 is 0. The topological polar surface area (TPSA) is 59.1 Å². The molecule has 2 fully saturated rings. The number of carbonyl (C=O) groups is 2. The first kappa shape index (κ1) is 17.7. The van der Waals surface area contributed by atoms with Crippen LogP contribution in [0.2, 0.25) is 0 Å². The number of hydrogen-bond donors (Lipinski definition) is 0. The highest BCUT2D eigenvalue weighted by Gasteiger charge is 2.40. The maximum Gasteiger partial charge on any atom is 0.260 e. The predicted molar refractivity (Wildman–Crippen MR) is 88.6 cm³/mol. The van der Waals surface area contributed by atoms with Gasteiger partial charge in [-0.3, -0.25) is 9.59 Å². The van der Waals surface area contributed by atoms with Crippen LogP contribution in [0.4, 0.5) is 4.39 Å². The smallest absolute Gasteiger partial charge is 0.260 e. The number of carbonyl (C=O) groups excluding carboxylic acids is 2. The van der Waals surface area contributed by atoms with Crippen LogP contribution in [0.15, 0.2) is 24.3 Å². The molecule has 2 aliphatic heterocycles. The second-order valence-electron chi connectivity index (χ2n) is 6.65. The highest BCUT2D eigenvalue weighted by Crippen LogP contribution is 2.32. The van der Waals surface area contributed by atoms with Crippen molar-refractivity contribution in [3.63, 3.8) is 0 Å². The summed E-state index contributed by atoms with van der Waals surface area (Å²) in [5.41, 5.74) is -0.448. The Morgan fingerprint density at radius 1 is 1.24 bits per heavy atom. The van der Waals surface area contributed by atoms with E-state index in [9.17, 15) is 14.0 Å². The van der Waals surface area contributed by atoms with Gasteiger partial charge < -0.3 is 19.3 Å². The van der Waals surface area contributed by atoms with Gasteiger partial charge in [0.1, 0.15) is 11.6 Å². The Balaban J connectivity index is 1.50. The van der Waals surface area contributed by atoms with Gasteiger partial charge in [-0.1, -0.05) is 0 Å². The first-order valence-electron chi connectivity index (χ1n) is 8.52. The molecule has 1 aromatic carbocycles. The molecule has 0 saturated carbocycles. The minimum Gasteiger partial charge on any atom is -0.484 e. The van der Waals surface area contributed by atoms with Gasteiger partial charge in [0.15, 0.2) is 6.61 Å². The van der Waals surface area contributed by atoms with Crippen molar-refractivity contribution in [2.75, 3.05) is 39.9 Å². The van der Waals surface area contributed by atoms with E-state index in [4.69, 9.17) is 9.47 Å². The number of nitrogens with zero attached hydrogens (tertiary/aromatic N) is 2. The molecule has 0 atom stereocenters. The molecule has 7 heteroatoms. The van der Waals surface area contributed by atoms with Gasteiger partial charge in [-0.15, -0.1) is 0 Å². The zero-order valence-corrected chi connectivity index (χ0v) is 14.4. The average molecular weight is 350 g/mol. The fourth-order valence-corrected chi connectivity index (χ4v) is 3.24. The maximum absolute atomic E-state index is 12.9. The molecule has 0 aliphatic carbocycles. The van der Waals surface area contributed by atoms with E-state index in [1.807, 2.05) is 0 Å². The van der Waals surface area contributed by atoms with Gasteiger partial charge in [-0.2, -0.15) is 0 Å². The van der Waals surface area contributed by atoms with Gasteiger partial charge in [0.2, 0.25) is 5.91 Å². The molecule has 2 heterocycles. The number of likely N-dealkylation sites (tertiary alicyclic amines) is 1. The van der Waals surface area contributed by atoms with E-state index in [2.05, 4.69) is 0 Å². The molecule has 3 rings (SSSR count). The normalized spacial score (nSPS) is 20.5. The molecule has 2 saturated heterocycles. The van der Waals surface area contributed by atoms with E-state index in [0.717, 1.165) is 0 Å². The molecular weight excluding hydrogens is 327 g/mol. The minimum atomic E-state index is -0.448. The number of piperidine rings is 1. The van der Waals surface area contributed by atoms with Gasteiger partial charge in [0, 0.05) is 26.7 Å². The number of rotatable bonds is 3. The van der Waals surface area contributed by atoms with Crippen molar-refractivity contribution in [1.29, 1.82) is 0 Å². The van der Waals surface area contributed by atoms with Gasteiger partial charge >= 0.3 is 0 Å². The number of halogens is 1. The molecule has 2 amide bonds. The molecule has 136 valence electrons. The van der Waals surface area contributed by atoms with Crippen LogP contribution in [0.3, 0.4) is 0 Å². The quantitative estimate of drug-likeness (QED) is 0.828. The van der Waals surface area contributed by atoms with E-state index in [1.165, 1.54) is 24.3 Å². The van der Waals surface area contributed by atoms with Crippen molar-refractivity contribution < 1.29 is 23.5 Å². The maximum atomic E-state index is 12.9. The number of benzene rings is 1. The van der Waals surface area contributed by atoms with Crippen molar-refractivity contribution in [3.8, 4) is 5.75 Å². The summed E-state index contributed by atoms with van der Waals surface area (Å²) in [5, 5.41) is 0. The predicted octanol–water partition coefficient (Wildman–Crippen LogP) is 1.44. The lowest BCUT2D eigenvalue weighted by Crippen LogP contribution is -2.50. The van der Waals surface area contributed by atoms with Crippen LogP contribution in [0.1, 0.15) is 19.3 Å². The zero-order valence-electron chi connectivity index (χ0n) is 14.4. The first-order valence-corrected chi connectivity index (χ1v) is 8.52. The molecule has 6 nitrogen and oxygen atoms in total. The Morgan fingerprint density at radius 2 is 1.92 bits per heavy atom. The lowest BCUT2D eigenvalue weighted by Gasteiger charge is -2.40. The van der Waals surface area contributed by atoms with Crippen molar-refractivity contribution in [1.82, 2.24) is 9.80 Å². The molecule has 0 bridgehead atoms. The highest BCUT2D eigenvalue weighted by molar-refractivity contribution is 5.79. The van der Waals surface area contributed by atoms with Gasteiger partial charge in [0.25, 0.3) is 5.91 Å². The van der Waals surface area contributed by atoms with Crippen molar-refractivity contribution in [2.45, 2.75) is 24.9 Å². The number of hydrogen-bond acceptors (Lipinski definition) is 4. The highest BCUT2D eigenvalue weighted by atomic mass is 19.1. The third kappa shape index (κ3) is 4.28. The van der Waals surface area contributed by atoms with E-state index < -0.39 is 5.60 Å². The van der Waals surface area contributed by atoms with Crippen LogP contribution in [0.5, 0.6) is 5.75 Å². The lowest BCUT2D eigenvalue weighted by molar-refractivity contribution is -0.142. The Labute approximate surface area is 146 Å². The Bertz CT molecular complexity index is 626. The van der Waals surface area contributed by atoms with Gasteiger partial charge in [-0.25, -0.2) is 4.39 Å². The van der Waals surface area contributed by atoms with Gasteiger partial charge in [0.05, 0.1) is 18.6 Å². The van der Waals surface area contributed by atoms with Crippen molar-refractivity contribution in [2.24, 2.45) is 0 Å². The van der Waals surface area contributed by atoms with E-state index in [-0.39, 0.29) is 24.2 Å². The minimum absolute atomic E-state index is 0.0822. The summed E-state index contributed by atoms with van der Waals surface area (Å²) in [4.78, 5) is 27.8. The van der Waals surface area contributed by atoms with Gasteiger partial charge in [-0.05, 0) is 37.1 Å². The third-order valence-electron chi connectivity index (χ3n) is 4.94. The molecule has 1 aromatic rings. The molecule has 0 radical (unpaired) electrons. The van der Waals surface area contributed by atoms with E-state index in [0.29, 0.717) is 51.3 Å². The average Bonchev–Trinajstić information content (AvgIpc) is 2.74. The zero-order chi connectivity index (χ0) is 17.9. The summed E-state index contributed by atoms with van der Waals surface area (Å²) < 4.78 is 24.2. The van der Waals surface area contributed by atoms with Crippen molar-refractivity contribution >= 4 is 11.8 Å². The molecule has 0 aromatic heterocycles. The summed E-state index contributed by atoms with van der Waals surface area (Å²) in [7, 11) is 1.79. The van der Waals surface area contributed by atoms with Crippen LogP contribution in [-0.2, 0) is 14.3 Å². The summed E-state index contributed by atoms with van der Waals surface area (Å²) in [6.45, 7) is 2.14. The molecule has 2 aliphatic rings. The molecule has 1 spiro atoms. The second kappa shape index (κ2) is 7.39. The molecule has 25 heavy (non-hydrogen) atoms. The van der Waals surface area contributed by atoms with Crippen LogP contribution in [0.25, 0.3) is 0 Å². The number of likely N-dealkylation sites (N-methyl/N-ethyl adjacent to an activating group) is 1. The van der Waals surface area contributed by atoms with E-state index >= 15 is 0 Å². The SMILES string of the molecule is CN1CCOC2(CCN(C(=O)COc3ccc(F)cc3)CC2)CC1=O. The lowest BCUT2D eigenvalue weighted by atomic mass is 9.87. The second-order valence-corrected chi connectivity index (χ2v) is 6.65. The molecule has 0 N–H and O–H groups in total. The Hall–Kier alpha value is -2.15. The largest absolute Gasteiger partial charge is 0.484 e. The van der Waals surface area contributed by atoms with Crippen LogP contribution >= 0.6 is 0 Å².